The molecule has 2 N–H and O–H groups in total. The second-order valence-electron chi connectivity index (χ2n) is 3.58. The maximum Gasteiger partial charge on any atom is 0.147 e. The van der Waals surface area contributed by atoms with Crippen LogP contribution in [0.2, 0.25) is 0 Å². The van der Waals surface area contributed by atoms with Gasteiger partial charge in [-0.3, -0.25) is 0 Å². The third-order valence-corrected chi connectivity index (χ3v) is 2.10. The molecule has 102 valence electrons. The maximum absolute atomic E-state index is 4.04. The van der Waals surface area contributed by atoms with Crippen molar-refractivity contribution in [3.8, 4) is 0 Å². The monoisotopic (exact) mass is 270 g/mol. The predicted octanol–water partition coefficient (Wildman–Crippen LogP) is 2.74. The number of aromatic nitrogens is 2. The molecule has 0 bridgehead atoms. The van der Waals surface area contributed by atoms with E-state index in [4.69, 9.17) is 0 Å². The van der Waals surface area contributed by atoms with Gasteiger partial charge in [0.2, 0.25) is 0 Å². The first-order valence-corrected chi connectivity index (χ1v) is 6.02. The number of rotatable bonds is 7. The van der Waals surface area contributed by atoms with Gasteiger partial charge in [0.25, 0.3) is 0 Å². The molecular weight excluding hydrogens is 256 g/mol. The fourth-order valence-corrected chi connectivity index (χ4v) is 1.22. The van der Waals surface area contributed by atoms with Crippen LogP contribution >= 0.6 is 0 Å². The third-order valence-electron chi connectivity index (χ3n) is 2.10. The average molecular weight is 270 g/mol. The van der Waals surface area contributed by atoms with E-state index in [2.05, 4.69) is 41.5 Å². The summed E-state index contributed by atoms with van der Waals surface area (Å²) in [5.41, 5.74) is 5.42. The van der Waals surface area contributed by atoms with Crippen LogP contribution in [-0.2, 0) is 0 Å². The lowest BCUT2D eigenvalue weighted by Gasteiger charge is -1.96. The number of hydrogen-bond acceptors (Lipinski definition) is 6. The van der Waals surface area contributed by atoms with Crippen LogP contribution in [-0.4, -0.2) is 23.1 Å². The molecule has 8 heteroatoms. The molecule has 0 unspecified atom stereocenters. The van der Waals surface area contributed by atoms with Gasteiger partial charge in [0.1, 0.15) is 11.6 Å². The second kappa shape index (κ2) is 8.25. The second-order valence-corrected chi connectivity index (χ2v) is 3.58. The normalized spacial score (nSPS) is 11.0. The molecule has 0 radical (unpaired) electrons. The molecule has 0 aliphatic carbocycles. The molecule has 0 atom stereocenters. The van der Waals surface area contributed by atoms with Gasteiger partial charge in [-0.05, 0) is 24.3 Å². The Bertz CT molecular complexity index is 488. The Morgan fingerprint density at radius 3 is 1.65 bits per heavy atom. The van der Waals surface area contributed by atoms with Crippen molar-refractivity contribution in [3.05, 3.63) is 48.8 Å². The molecule has 0 saturated carbocycles. The van der Waals surface area contributed by atoms with Crippen LogP contribution in [0.1, 0.15) is 0 Å². The Balaban J connectivity index is 1.59. The van der Waals surface area contributed by atoms with Crippen LogP contribution in [0, 0.1) is 0 Å². The van der Waals surface area contributed by atoms with E-state index < -0.39 is 0 Å². The maximum atomic E-state index is 4.04. The molecule has 2 aromatic heterocycles. The largest absolute Gasteiger partial charge is 0.243 e. The Kier molecular flexibility index (Phi) is 5.58. The van der Waals surface area contributed by atoms with Gasteiger partial charge in [-0.2, -0.15) is 10.2 Å². The molecule has 0 aliphatic heterocycles. The average Bonchev–Trinajstić information content (AvgIpc) is 2.52. The van der Waals surface area contributed by atoms with Gasteiger partial charge in [0.05, 0.1) is 13.1 Å². The van der Waals surface area contributed by atoms with Gasteiger partial charge in [0, 0.05) is 12.4 Å². The summed E-state index contributed by atoms with van der Waals surface area (Å²) in [7, 11) is 0. The molecule has 0 saturated heterocycles. The standard InChI is InChI=1S/C12H14N8/c1-3-7-13-11(5-1)17-19-15-9-10-16-20-18-12-6-2-4-8-14-12/h1-8H,9-10H2,(H,13,15,17)(H,14,16,18). The minimum Gasteiger partial charge on any atom is -0.243 e. The van der Waals surface area contributed by atoms with Gasteiger partial charge in [-0.1, -0.05) is 22.6 Å². The summed E-state index contributed by atoms with van der Waals surface area (Å²) in [6.07, 6.45) is 3.35. The summed E-state index contributed by atoms with van der Waals surface area (Å²) < 4.78 is 0. The van der Waals surface area contributed by atoms with Crippen molar-refractivity contribution in [2.75, 3.05) is 23.9 Å². The van der Waals surface area contributed by atoms with Crippen molar-refractivity contribution < 1.29 is 0 Å². The smallest absolute Gasteiger partial charge is 0.147 e. The Morgan fingerprint density at radius 1 is 0.750 bits per heavy atom. The minimum absolute atomic E-state index is 0.438. The summed E-state index contributed by atoms with van der Waals surface area (Å²) in [6.45, 7) is 0.875. The number of nitrogens with one attached hydrogen (secondary N) is 2. The molecular formula is C12H14N8. The lowest BCUT2D eigenvalue weighted by Crippen LogP contribution is -1.93. The molecule has 0 amide bonds. The summed E-state index contributed by atoms with van der Waals surface area (Å²) in [6, 6.07) is 11.0. The first-order chi connectivity index (χ1) is 9.95. The van der Waals surface area contributed by atoms with Crippen molar-refractivity contribution in [1.29, 1.82) is 0 Å². The van der Waals surface area contributed by atoms with Crippen LogP contribution in [0.4, 0.5) is 11.6 Å². The van der Waals surface area contributed by atoms with Gasteiger partial charge in [-0.25, -0.2) is 20.8 Å². The molecule has 0 spiro atoms. The van der Waals surface area contributed by atoms with Gasteiger partial charge in [-0.15, -0.1) is 0 Å². The Morgan fingerprint density at radius 2 is 1.25 bits per heavy atom. The van der Waals surface area contributed by atoms with Crippen molar-refractivity contribution in [1.82, 2.24) is 9.97 Å². The highest BCUT2D eigenvalue weighted by Gasteiger charge is 1.87. The third kappa shape index (κ3) is 5.17. The van der Waals surface area contributed by atoms with Crippen LogP contribution < -0.4 is 10.9 Å². The quantitative estimate of drug-likeness (QED) is 0.459. The Labute approximate surface area is 116 Å². The van der Waals surface area contributed by atoms with Gasteiger partial charge >= 0.3 is 0 Å². The van der Waals surface area contributed by atoms with E-state index in [1.807, 2.05) is 24.3 Å². The van der Waals surface area contributed by atoms with Crippen molar-refractivity contribution >= 4 is 11.6 Å². The summed E-state index contributed by atoms with van der Waals surface area (Å²) >= 11 is 0. The lowest BCUT2D eigenvalue weighted by molar-refractivity contribution is 0.840. The van der Waals surface area contributed by atoms with Crippen molar-refractivity contribution in [2.24, 2.45) is 20.7 Å². The highest BCUT2D eigenvalue weighted by Crippen LogP contribution is 2.00. The van der Waals surface area contributed by atoms with Crippen LogP contribution in [0.3, 0.4) is 0 Å². The minimum atomic E-state index is 0.438. The summed E-state index contributed by atoms with van der Waals surface area (Å²) in [5.74, 6) is 1.30. The van der Waals surface area contributed by atoms with E-state index in [-0.39, 0.29) is 0 Å². The number of hydrogen-bond donors (Lipinski definition) is 2. The first-order valence-electron chi connectivity index (χ1n) is 6.02. The first kappa shape index (κ1) is 13.5. The molecule has 8 nitrogen and oxygen atoms in total. The molecule has 0 aromatic carbocycles. The van der Waals surface area contributed by atoms with Crippen LogP contribution in [0.5, 0.6) is 0 Å². The highest BCUT2D eigenvalue weighted by molar-refractivity contribution is 5.31. The fraction of sp³-hybridized carbons (Fsp3) is 0.167. The number of pyridine rings is 2. The van der Waals surface area contributed by atoms with E-state index in [9.17, 15) is 0 Å². The number of nitrogens with zero attached hydrogens (tertiary/aromatic N) is 6. The van der Waals surface area contributed by atoms with Crippen molar-refractivity contribution in [2.45, 2.75) is 0 Å². The molecule has 2 rings (SSSR count). The zero-order valence-electron chi connectivity index (χ0n) is 10.7. The zero-order valence-corrected chi connectivity index (χ0v) is 10.7. The Hall–Kier alpha value is -2.90. The summed E-state index contributed by atoms with van der Waals surface area (Å²) in [5, 5.41) is 15.3. The van der Waals surface area contributed by atoms with E-state index in [0.717, 1.165) is 0 Å². The van der Waals surface area contributed by atoms with E-state index in [1.54, 1.807) is 24.5 Å². The van der Waals surface area contributed by atoms with Crippen molar-refractivity contribution in [3.63, 3.8) is 0 Å². The zero-order chi connectivity index (χ0) is 13.9. The van der Waals surface area contributed by atoms with Gasteiger partial charge < -0.3 is 0 Å². The summed E-state index contributed by atoms with van der Waals surface area (Å²) in [4.78, 5) is 8.07. The molecule has 0 aliphatic rings. The lowest BCUT2D eigenvalue weighted by atomic mass is 10.5. The van der Waals surface area contributed by atoms with Crippen LogP contribution in [0.15, 0.2) is 69.5 Å². The molecule has 0 fully saturated rings. The molecule has 2 aromatic rings. The van der Waals surface area contributed by atoms with E-state index in [1.165, 1.54) is 0 Å². The van der Waals surface area contributed by atoms with Gasteiger partial charge in [0.15, 0.2) is 0 Å². The highest BCUT2D eigenvalue weighted by atomic mass is 15.4. The fourth-order valence-electron chi connectivity index (χ4n) is 1.22. The molecule has 2 heterocycles. The molecule has 20 heavy (non-hydrogen) atoms. The predicted molar refractivity (Wildman–Crippen MR) is 75.2 cm³/mol. The van der Waals surface area contributed by atoms with Crippen LogP contribution in [0.25, 0.3) is 0 Å². The van der Waals surface area contributed by atoms with E-state index in [0.29, 0.717) is 24.7 Å². The SMILES string of the molecule is c1ccc(NN=NCCN=NNc2ccccn2)nc1. The van der Waals surface area contributed by atoms with E-state index >= 15 is 0 Å². The number of anilines is 2. The topological polar surface area (TPSA) is 99.3 Å².